The summed E-state index contributed by atoms with van der Waals surface area (Å²) < 4.78 is 20.7. The molecule has 0 bridgehead atoms. The lowest BCUT2D eigenvalue weighted by Crippen LogP contribution is -2.20. The Kier molecular flexibility index (Phi) is 6.97. The standard InChI is InChI=1S/C21H16ClN3O5S/c1-27-18-10-19(28-2)16(9-14(18)22)25-21(31)24-15-6-5-13(8-12(15)11-23)30-20(26)17-4-3-7-29-17/h3-10H,1-2H3,(H2,24,25,31). The molecule has 0 amide bonds. The first-order chi connectivity index (χ1) is 14.9. The molecule has 0 radical (unpaired) electrons. The van der Waals surface area contributed by atoms with Gasteiger partial charge in [0.1, 0.15) is 23.3 Å². The largest absolute Gasteiger partial charge is 0.495 e. The molecule has 8 nitrogen and oxygen atoms in total. The van der Waals surface area contributed by atoms with Gasteiger partial charge in [0.2, 0.25) is 5.76 Å². The predicted molar refractivity (Wildman–Crippen MR) is 119 cm³/mol. The number of methoxy groups -OCH3 is 2. The number of rotatable bonds is 6. The molecule has 0 atom stereocenters. The SMILES string of the molecule is COc1cc(OC)c(NC(=S)Nc2ccc(OC(=O)c3ccco3)cc2C#N)cc1Cl. The number of esters is 1. The summed E-state index contributed by atoms with van der Waals surface area (Å²) in [6, 6.07) is 12.8. The average molecular weight is 458 g/mol. The Morgan fingerprint density at radius 3 is 2.48 bits per heavy atom. The van der Waals surface area contributed by atoms with Gasteiger partial charge in [-0.05, 0) is 42.5 Å². The van der Waals surface area contributed by atoms with E-state index in [0.29, 0.717) is 27.9 Å². The summed E-state index contributed by atoms with van der Waals surface area (Å²) in [6.45, 7) is 0. The number of hydrogen-bond acceptors (Lipinski definition) is 7. The van der Waals surface area contributed by atoms with Crippen LogP contribution in [-0.4, -0.2) is 25.3 Å². The molecular formula is C21H16ClN3O5S. The number of halogens is 1. The summed E-state index contributed by atoms with van der Waals surface area (Å²) in [4.78, 5) is 12.0. The van der Waals surface area contributed by atoms with Crippen LogP contribution in [0.15, 0.2) is 53.1 Å². The number of ether oxygens (including phenoxy) is 3. The van der Waals surface area contributed by atoms with E-state index in [1.807, 2.05) is 6.07 Å². The van der Waals surface area contributed by atoms with E-state index in [0.717, 1.165) is 0 Å². The maximum atomic E-state index is 12.0. The van der Waals surface area contributed by atoms with Crippen molar-refractivity contribution in [2.24, 2.45) is 0 Å². The van der Waals surface area contributed by atoms with Gasteiger partial charge in [0.05, 0.1) is 42.4 Å². The number of thiocarbonyl (C=S) groups is 1. The van der Waals surface area contributed by atoms with Crippen LogP contribution in [0.4, 0.5) is 11.4 Å². The van der Waals surface area contributed by atoms with E-state index >= 15 is 0 Å². The number of nitriles is 1. The third-order valence-electron chi connectivity index (χ3n) is 4.01. The summed E-state index contributed by atoms with van der Waals surface area (Å²) in [5.41, 5.74) is 1.14. The van der Waals surface area contributed by atoms with Gasteiger partial charge in [-0.2, -0.15) is 5.26 Å². The molecule has 0 aliphatic heterocycles. The Labute approximate surface area is 188 Å². The van der Waals surface area contributed by atoms with Crippen LogP contribution in [0, 0.1) is 11.3 Å². The zero-order valence-corrected chi connectivity index (χ0v) is 18.0. The number of nitrogens with zero attached hydrogens (tertiary/aromatic N) is 1. The van der Waals surface area contributed by atoms with Crippen molar-refractivity contribution in [3.05, 3.63) is 65.1 Å². The molecule has 1 heterocycles. The maximum Gasteiger partial charge on any atom is 0.379 e. The smallest absolute Gasteiger partial charge is 0.379 e. The monoisotopic (exact) mass is 457 g/mol. The van der Waals surface area contributed by atoms with Gasteiger partial charge in [0, 0.05) is 12.1 Å². The summed E-state index contributed by atoms with van der Waals surface area (Å²) in [5.74, 6) is 0.486. The first-order valence-corrected chi connectivity index (χ1v) is 9.53. The van der Waals surface area contributed by atoms with Crippen LogP contribution in [0.2, 0.25) is 5.02 Å². The van der Waals surface area contributed by atoms with E-state index in [-0.39, 0.29) is 22.2 Å². The van der Waals surface area contributed by atoms with Gasteiger partial charge in [0.25, 0.3) is 0 Å². The third-order valence-corrected chi connectivity index (χ3v) is 4.51. The zero-order valence-electron chi connectivity index (χ0n) is 16.4. The summed E-state index contributed by atoms with van der Waals surface area (Å²) >= 11 is 11.5. The summed E-state index contributed by atoms with van der Waals surface area (Å²) in [6.07, 6.45) is 1.36. The quantitative estimate of drug-likeness (QED) is 0.305. The fraction of sp³-hybridized carbons (Fsp3) is 0.0952. The van der Waals surface area contributed by atoms with Gasteiger partial charge in [-0.25, -0.2) is 4.79 Å². The van der Waals surface area contributed by atoms with Crippen LogP contribution in [-0.2, 0) is 0 Å². The van der Waals surface area contributed by atoms with Gasteiger partial charge >= 0.3 is 5.97 Å². The van der Waals surface area contributed by atoms with Crippen LogP contribution in [0.3, 0.4) is 0 Å². The molecule has 1 aromatic heterocycles. The van der Waals surface area contributed by atoms with Crippen LogP contribution < -0.4 is 24.8 Å². The molecule has 0 saturated heterocycles. The molecular weight excluding hydrogens is 442 g/mol. The van der Waals surface area contributed by atoms with Crippen molar-refractivity contribution in [3.8, 4) is 23.3 Å². The first-order valence-electron chi connectivity index (χ1n) is 8.74. The molecule has 158 valence electrons. The van der Waals surface area contributed by atoms with Crippen LogP contribution in [0.1, 0.15) is 16.1 Å². The minimum atomic E-state index is -0.671. The van der Waals surface area contributed by atoms with Crippen LogP contribution in [0.5, 0.6) is 17.2 Å². The van der Waals surface area contributed by atoms with E-state index in [1.54, 1.807) is 24.3 Å². The van der Waals surface area contributed by atoms with E-state index in [9.17, 15) is 10.1 Å². The predicted octanol–water partition coefficient (Wildman–Crippen LogP) is 4.85. The molecule has 10 heteroatoms. The molecule has 0 spiro atoms. The molecule has 0 unspecified atom stereocenters. The molecule has 0 aliphatic rings. The molecule has 2 N–H and O–H groups in total. The number of furan rings is 1. The van der Waals surface area contributed by atoms with Gasteiger partial charge in [-0.15, -0.1) is 0 Å². The van der Waals surface area contributed by atoms with Crippen molar-refractivity contribution < 1.29 is 23.4 Å². The van der Waals surface area contributed by atoms with Crippen molar-refractivity contribution in [2.75, 3.05) is 24.9 Å². The maximum absolute atomic E-state index is 12.0. The summed E-state index contributed by atoms with van der Waals surface area (Å²) in [7, 11) is 3.00. The molecule has 2 aromatic carbocycles. The topological polar surface area (TPSA) is 106 Å². The second kappa shape index (κ2) is 9.84. The third kappa shape index (κ3) is 5.25. The van der Waals surface area contributed by atoms with Gasteiger partial charge in [0.15, 0.2) is 5.11 Å². The molecule has 3 rings (SSSR count). The molecule has 0 saturated carbocycles. The second-order valence-electron chi connectivity index (χ2n) is 5.95. The number of carbonyl (C=O) groups is 1. The number of hydrogen-bond donors (Lipinski definition) is 2. The summed E-state index contributed by atoms with van der Waals surface area (Å²) in [5, 5.41) is 15.9. The molecule has 0 fully saturated rings. The minimum absolute atomic E-state index is 0.0539. The fourth-order valence-electron chi connectivity index (χ4n) is 2.57. The number of anilines is 2. The molecule has 3 aromatic rings. The zero-order chi connectivity index (χ0) is 22.4. The van der Waals surface area contributed by atoms with Crippen molar-refractivity contribution in [1.82, 2.24) is 0 Å². The van der Waals surface area contributed by atoms with E-state index in [1.165, 1.54) is 38.7 Å². The second-order valence-corrected chi connectivity index (χ2v) is 6.77. The van der Waals surface area contributed by atoms with Gasteiger partial charge in [-0.3, -0.25) is 0 Å². The molecule has 0 aliphatic carbocycles. The van der Waals surface area contributed by atoms with Crippen LogP contribution >= 0.6 is 23.8 Å². The number of carbonyl (C=O) groups excluding carboxylic acids is 1. The highest BCUT2D eigenvalue weighted by Gasteiger charge is 2.15. The number of nitrogens with one attached hydrogen (secondary N) is 2. The van der Waals surface area contributed by atoms with Crippen LogP contribution in [0.25, 0.3) is 0 Å². The van der Waals surface area contributed by atoms with Crippen molar-refractivity contribution in [3.63, 3.8) is 0 Å². The lowest BCUT2D eigenvalue weighted by molar-refractivity contribution is 0.0701. The van der Waals surface area contributed by atoms with E-state index in [2.05, 4.69) is 10.6 Å². The highest BCUT2D eigenvalue weighted by Crippen LogP contribution is 2.36. The van der Waals surface area contributed by atoms with Gasteiger partial charge in [-0.1, -0.05) is 11.6 Å². The average Bonchev–Trinajstić information content (AvgIpc) is 3.30. The van der Waals surface area contributed by atoms with Crippen molar-refractivity contribution in [1.29, 1.82) is 5.26 Å². The Hall–Kier alpha value is -3.74. The normalized spacial score (nSPS) is 10.0. The highest BCUT2D eigenvalue weighted by molar-refractivity contribution is 7.80. The molecule has 31 heavy (non-hydrogen) atoms. The Morgan fingerprint density at radius 1 is 1.10 bits per heavy atom. The highest BCUT2D eigenvalue weighted by atomic mass is 35.5. The lowest BCUT2D eigenvalue weighted by Gasteiger charge is -2.16. The minimum Gasteiger partial charge on any atom is -0.495 e. The Bertz CT molecular complexity index is 1160. The lowest BCUT2D eigenvalue weighted by atomic mass is 10.2. The first kappa shape index (κ1) is 22.0. The number of benzene rings is 2. The Balaban J connectivity index is 1.74. The van der Waals surface area contributed by atoms with Gasteiger partial charge < -0.3 is 29.3 Å². The fourth-order valence-corrected chi connectivity index (χ4v) is 3.03. The Morgan fingerprint density at radius 2 is 1.84 bits per heavy atom. The van der Waals surface area contributed by atoms with E-state index < -0.39 is 5.97 Å². The van der Waals surface area contributed by atoms with E-state index in [4.69, 9.17) is 42.4 Å². The van der Waals surface area contributed by atoms with Crippen molar-refractivity contribution >= 4 is 46.3 Å². The van der Waals surface area contributed by atoms with Crippen molar-refractivity contribution in [2.45, 2.75) is 0 Å².